The summed E-state index contributed by atoms with van der Waals surface area (Å²) in [6, 6.07) is 0.265. The van der Waals surface area contributed by atoms with Crippen LogP contribution in [0.1, 0.15) is 48.0 Å². The van der Waals surface area contributed by atoms with E-state index in [4.69, 9.17) is 5.73 Å². The van der Waals surface area contributed by atoms with E-state index in [0.29, 0.717) is 5.41 Å². The van der Waals surface area contributed by atoms with Gasteiger partial charge in [-0.05, 0) is 36.6 Å². The molecule has 96 valence electrons. The minimum absolute atomic E-state index is 0.229. The van der Waals surface area contributed by atoms with Crippen LogP contribution in [0.3, 0.4) is 0 Å². The second kappa shape index (κ2) is 4.66. The zero-order valence-electron chi connectivity index (χ0n) is 12.0. The molecule has 2 nitrogen and oxygen atoms in total. The van der Waals surface area contributed by atoms with Crippen LogP contribution < -0.4 is 5.73 Å². The fourth-order valence-electron chi connectivity index (χ4n) is 2.40. The predicted octanol–water partition coefficient (Wildman–Crippen LogP) is 2.73. The Labute approximate surface area is 102 Å². The van der Waals surface area contributed by atoms with E-state index < -0.39 is 0 Å². The van der Waals surface area contributed by atoms with Crippen LogP contribution in [0.5, 0.6) is 0 Å². The largest absolute Gasteiger partial charge is 0.327 e. The van der Waals surface area contributed by atoms with Gasteiger partial charge >= 0.3 is 0 Å². The van der Waals surface area contributed by atoms with Crippen molar-refractivity contribution < 1.29 is 0 Å². The first-order valence-electron chi connectivity index (χ1n) is 6.61. The standard InChI is InChI=1S/C14H30N2/c1-11(15)14(5,6)10-16-8-7-12(9-16)13(2,3)4/h11-12H,7-10,15H2,1-6H3. The summed E-state index contributed by atoms with van der Waals surface area (Å²) in [5.41, 5.74) is 6.72. The molecule has 1 aliphatic heterocycles. The third kappa shape index (κ3) is 3.46. The van der Waals surface area contributed by atoms with Crippen LogP contribution in [0, 0.1) is 16.7 Å². The summed E-state index contributed by atoms with van der Waals surface area (Å²) in [6.07, 6.45) is 1.35. The summed E-state index contributed by atoms with van der Waals surface area (Å²) >= 11 is 0. The van der Waals surface area contributed by atoms with Gasteiger partial charge in [-0.2, -0.15) is 0 Å². The Kier molecular flexibility index (Phi) is 4.07. The first-order valence-corrected chi connectivity index (χ1v) is 6.61. The Morgan fingerprint density at radius 2 is 1.81 bits per heavy atom. The summed E-state index contributed by atoms with van der Waals surface area (Å²) in [5.74, 6) is 0.844. The van der Waals surface area contributed by atoms with Gasteiger partial charge in [0.25, 0.3) is 0 Å². The molecule has 2 unspecified atom stereocenters. The van der Waals surface area contributed by atoms with Crippen molar-refractivity contribution in [2.24, 2.45) is 22.5 Å². The van der Waals surface area contributed by atoms with Crippen molar-refractivity contribution in [3.63, 3.8) is 0 Å². The zero-order valence-corrected chi connectivity index (χ0v) is 12.0. The lowest BCUT2D eigenvalue weighted by Crippen LogP contribution is -2.43. The van der Waals surface area contributed by atoms with Gasteiger partial charge in [-0.25, -0.2) is 0 Å². The lowest BCUT2D eigenvalue weighted by atomic mass is 9.80. The maximum atomic E-state index is 6.04. The number of hydrogen-bond acceptors (Lipinski definition) is 2. The SMILES string of the molecule is CC(N)C(C)(C)CN1CCC(C(C)(C)C)C1. The number of nitrogens with two attached hydrogens (primary N) is 1. The van der Waals surface area contributed by atoms with E-state index in [9.17, 15) is 0 Å². The van der Waals surface area contributed by atoms with Crippen LogP contribution in [0.2, 0.25) is 0 Å². The monoisotopic (exact) mass is 226 g/mol. The van der Waals surface area contributed by atoms with Crippen LogP contribution in [-0.2, 0) is 0 Å². The number of rotatable bonds is 3. The van der Waals surface area contributed by atoms with E-state index in [1.807, 2.05) is 0 Å². The van der Waals surface area contributed by atoms with Crippen molar-refractivity contribution in [2.75, 3.05) is 19.6 Å². The smallest absolute Gasteiger partial charge is 0.00739 e. The third-order valence-corrected chi connectivity index (χ3v) is 4.36. The summed E-state index contributed by atoms with van der Waals surface area (Å²) in [7, 11) is 0. The van der Waals surface area contributed by atoms with E-state index >= 15 is 0 Å². The first kappa shape index (κ1) is 14.0. The van der Waals surface area contributed by atoms with Crippen LogP contribution >= 0.6 is 0 Å². The second-order valence-electron chi connectivity index (χ2n) is 7.36. The van der Waals surface area contributed by atoms with Crippen molar-refractivity contribution in [1.29, 1.82) is 0 Å². The topological polar surface area (TPSA) is 29.3 Å². The van der Waals surface area contributed by atoms with Gasteiger partial charge in [-0.3, -0.25) is 0 Å². The van der Waals surface area contributed by atoms with Gasteiger partial charge < -0.3 is 10.6 Å². The third-order valence-electron chi connectivity index (χ3n) is 4.36. The van der Waals surface area contributed by atoms with E-state index in [1.165, 1.54) is 19.5 Å². The van der Waals surface area contributed by atoms with Crippen molar-refractivity contribution in [1.82, 2.24) is 4.90 Å². The molecule has 0 radical (unpaired) electrons. The Morgan fingerprint density at radius 3 is 2.19 bits per heavy atom. The molecular weight excluding hydrogens is 196 g/mol. The molecule has 1 fully saturated rings. The molecule has 0 spiro atoms. The molecule has 0 bridgehead atoms. The number of likely N-dealkylation sites (tertiary alicyclic amines) is 1. The molecule has 2 N–H and O–H groups in total. The zero-order chi connectivity index (χ0) is 12.6. The van der Waals surface area contributed by atoms with E-state index in [-0.39, 0.29) is 11.5 Å². The predicted molar refractivity (Wildman–Crippen MR) is 71.4 cm³/mol. The Morgan fingerprint density at radius 1 is 1.25 bits per heavy atom. The molecule has 16 heavy (non-hydrogen) atoms. The van der Waals surface area contributed by atoms with Crippen molar-refractivity contribution in [3.8, 4) is 0 Å². The van der Waals surface area contributed by atoms with E-state index in [1.54, 1.807) is 0 Å². The average Bonchev–Trinajstić information content (AvgIpc) is 2.50. The van der Waals surface area contributed by atoms with Crippen LogP contribution in [0.25, 0.3) is 0 Å². The van der Waals surface area contributed by atoms with Crippen LogP contribution in [-0.4, -0.2) is 30.6 Å². The molecule has 1 saturated heterocycles. The van der Waals surface area contributed by atoms with E-state index in [2.05, 4.69) is 46.4 Å². The Bertz CT molecular complexity index is 225. The Balaban J connectivity index is 2.49. The minimum Gasteiger partial charge on any atom is -0.327 e. The fraction of sp³-hybridized carbons (Fsp3) is 1.00. The molecule has 1 aliphatic rings. The second-order valence-corrected chi connectivity index (χ2v) is 7.36. The van der Waals surface area contributed by atoms with E-state index in [0.717, 1.165) is 12.5 Å². The quantitative estimate of drug-likeness (QED) is 0.802. The highest BCUT2D eigenvalue weighted by Gasteiger charge is 2.34. The van der Waals surface area contributed by atoms with Gasteiger partial charge in [0, 0.05) is 19.1 Å². The maximum absolute atomic E-state index is 6.04. The molecule has 0 aromatic heterocycles. The highest BCUT2D eigenvalue weighted by atomic mass is 15.2. The average molecular weight is 226 g/mol. The van der Waals surface area contributed by atoms with Crippen LogP contribution in [0.15, 0.2) is 0 Å². The van der Waals surface area contributed by atoms with Crippen molar-refractivity contribution >= 4 is 0 Å². The minimum atomic E-state index is 0.229. The lowest BCUT2D eigenvalue weighted by Gasteiger charge is -2.34. The molecule has 1 heterocycles. The lowest BCUT2D eigenvalue weighted by molar-refractivity contribution is 0.163. The molecule has 1 rings (SSSR count). The normalized spacial score (nSPS) is 26.1. The number of hydrogen-bond donors (Lipinski definition) is 1. The highest BCUT2D eigenvalue weighted by Crippen LogP contribution is 2.35. The fourth-order valence-corrected chi connectivity index (χ4v) is 2.40. The summed E-state index contributed by atoms with van der Waals surface area (Å²) in [4.78, 5) is 2.60. The van der Waals surface area contributed by atoms with Gasteiger partial charge in [0.2, 0.25) is 0 Å². The highest BCUT2D eigenvalue weighted by molar-refractivity contribution is 4.88. The number of nitrogens with zero attached hydrogens (tertiary/aromatic N) is 1. The summed E-state index contributed by atoms with van der Waals surface area (Å²) in [6.45, 7) is 17.4. The molecule has 0 amide bonds. The Hall–Kier alpha value is -0.0800. The van der Waals surface area contributed by atoms with Crippen molar-refractivity contribution in [3.05, 3.63) is 0 Å². The molecule has 0 aromatic rings. The van der Waals surface area contributed by atoms with Gasteiger partial charge in [0.05, 0.1) is 0 Å². The molecular formula is C14H30N2. The van der Waals surface area contributed by atoms with Gasteiger partial charge in [0.1, 0.15) is 0 Å². The summed E-state index contributed by atoms with van der Waals surface area (Å²) in [5, 5.41) is 0. The maximum Gasteiger partial charge on any atom is 0.00739 e. The molecule has 0 aliphatic carbocycles. The van der Waals surface area contributed by atoms with Crippen LogP contribution in [0.4, 0.5) is 0 Å². The molecule has 2 atom stereocenters. The van der Waals surface area contributed by atoms with Gasteiger partial charge in [0.15, 0.2) is 0 Å². The molecule has 2 heteroatoms. The van der Waals surface area contributed by atoms with Gasteiger partial charge in [-0.1, -0.05) is 34.6 Å². The molecule has 0 aromatic carbocycles. The first-order chi connectivity index (χ1) is 7.13. The summed E-state index contributed by atoms with van der Waals surface area (Å²) < 4.78 is 0. The van der Waals surface area contributed by atoms with Crippen molar-refractivity contribution in [2.45, 2.75) is 54.0 Å². The van der Waals surface area contributed by atoms with Gasteiger partial charge in [-0.15, -0.1) is 0 Å². The molecule has 0 saturated carbocycles.